The van der Waals surface area contributed by atoms with Gasteiger partial charge in [0.15, 0.2) is 0 Å². The summed E-state index contributed by atoms with van der Waals surface area (Å²) in [5.41, 5.74) is 13.5. The third kappa shape index (κ3) is 7.29. The molecule has 8 bridgehead atoms. The van der Waals surface area contributed by atoms with Gasteiger partial charge in [-0.15, -0.1) is 0 Å². The maximum absolute atomic E-state index is 5.75. The molecule has 0 amide bonds. The summed E-state index contributed by atoms with van der Waals surface area (Å²) in [6, 6.07) is 32.2. The van der Waals surface area contributed by atoms with Gasteiger partial charge in [0.05, 0.1) is 51.2 Å². The van der Waals surface area contributed by atoms with E-state index >= 15 is 0 Å². The average molecular weight is 1050 g/mol. The summed E-state index contributed by atoms with van der Waals surface area (Å²) < 4.78 is 26.5. The number of H-pyrrole nitrogens is 2. The van der Waals surface area contributed by atoms with E-state index in [1.807, 2.05) is 72.8 Å². The molecule has 8 nitrogen and oxygen atoms in total. The van der Waals surface area contributed by atoms with Gasteiger partial charge < -0.3 is 28.9 Å². The Morgan fingerprint density at radius 3 is 0.800 bits per heavy atom. The van der Waals surface area contributed by atoms with Gasteiger partial charge in [-0.1, -0.05) is 63.7 Å². The third-order valence-electron chi connectivity index (χ3n) is 10.5. The Bertz CT molecular complexity index is 2710. The molecule has 0 saturated carbocycles. The van der Waals surface area contributed by atoms with Crippen LogP contribution in [0.5, 0.6) is 23.0 Å². The van der Waals surface area contributed by atoms with Crippen LogP contribution in [0.3, 0.4) is 0 Å². The fourth-order valence-corrected chi connectivity index (χ4v) is 9.41. The topological polar surface area (TPSA) is 94.3 Å². The zero-order chi connectivity index (χ0) is 41.7. The largest absolute Gasteiger partial charge is 0.497 e. The molecule has 3 aromatic heterocycles. The molecule has 12 heteroatoms. The molecule has 0 aliphatic carbocycles. The second-order valence-electron chi connectivity index (χ2n) is 13.9. The van der Waals surface area contributed by atoms with Crippen molar-refractivity contribution in [3.8, 4) is 67.5 Å². The van der Waals surface area contributed by atoms with Gasteiger partial charge in [0.1, 0.15) is 23.0 Å². The number of nitrogens with zero attached hydrogens (tertiary/aromatic N) is 2. The van der Waals surface area contributed by atoms with Crippen LogP contribution in [0.4, 0.5) is 0 Å². The van der Waals surface area contributed by atoms with Crippen molar-refractivity contribution in [1.29, 1.82) is 0 Å². The molecule has 298 valence electrons. The van der Waals surface area contributed by atoms with E-state index in [9.17, 15) is 0 Å². The molecule has 0 saturated heterocycles. The zero-order valence-corrected chi connectivity index (χ0v) is 38.9. The Labute approximate surface area is 379 Å². The number of fused-ring (bicyclic) bond motifs is 8. The van der Waals surface area contributed by atoms with Gasteiger partial charge in [-0.2, -0.15) is 0 Å². The van der Waals surface area contributed by atoms with E-state index in [0.717, 1.165) is 107 Å². The Balaban J connectivity index is 1.51. The molecule has 2 aliphatic rings. The second-order valence-corrected chi connectivity index (χ2v) is 17.3. The first kappa shape index (κ1) is 40.0. The standard InChI is InChI=1S/C48H34Br4N4O4/c1-57-25-5-9-33(49)29(21-25)45-37-13-15-39(53-37)46(30-22-26(58-2)6-10-34(30)50)41-17-19-43(55-41)48(32-24-28(60-4)8-12-36(32)52)44-20-18-42(56-44)47(40-16-14-38(45)54-40)31-23-27(59-3)7-11-35(31)51/h5-24,53,56H,1-4H3. The quantitative estimate of drug-likeness (QED) is 0.157. The minimum atomic E-state index is 0.716. The van der Waals surface area contributed by atoms with Crippen molar-refractivity contribution in [2.75, 3.05) is 28.4 Å². The lowest BCUT2D eigenvalue weighted by Gasteiger charge is -2.11. The number of aromatic amines is 2. The van der Waals surface area contributed by atoms with Crippen LogP contribution in [0.25, 0.3) is 90.9 Å². The molecule has 2 aliphatic heterocycles. The van der Waals surface area contributed by atoms with E-state index in [-0.39, 0.29) is 0 Å². The minimum absolute atomic E-state index is 0.716. The molecular weight excluding hydrogens is 1020 g/mol. The molecule has 0 atom stereocenters. The lowest BCUT2D eigenvalue weighted by Crippen LogP contribution is -1.92. The van der Waals surface area contributed by atoms with Crippen molar-refractivity contribution in [3.05, 3.63) is 138 Å². The van der Waals surface area contributed by atoms with Gasteiger partial charge in [0, 0.05) is 84.5 Å². The predicted molar refractivity (Wildman–Crippen MR) is 258 cm³/mol. The summed E-state index contributed by atoms with van der Waals surface area (Å²) in [5.74, 6) is 2.87. The predicted octanol–water partition coefficient (Wildman–Crippen LogP) is 14.4. The van der Waals surface area contributed by atoms with Gasteiger partial charge >= 0.3 is 0 Å². The fraction of sp³-hybridized carbons (Fsp3) is 0.0833. The fourth-order valence-electron chi connectivity index (χ4n) is 7.63. The smallest absolute Gasteiger partial charge is 0.119 e. The maximum Gasteiger partial charge on any atom is 0.119 e. The summed E-state index contributed by atoms with van der Waals surface area (Å²) in [5, 5.41) is 0. The Hall–Kier alpha value is -5.40. The van der Waals surface area contributed by atoms with Crippen LogP contribution in [0.1, 0.15) is 22.8 Å². The molecule has 7 aromatic rings. The normalized spacial score (nSPS) is 11.9. The van der Waals surface area contributed by atoms with E-state index in [0.29, 0.717) is 23.0 Å². The van der Waals surface area contributed by atoms with Crippen LogP contribution in [0, 0.1) is 0 Å². The van der Waals surface area contributed by atoms with Crippen LogP contribution in [0.2, 0.25) is 0 Å². The Morgan fingerprint density at radius 1 is 0.350 bits per heavy atom. The Morgan fingerprint density at radius 2 is 0.583 bits per heavy atom. The summed E-state index contributed by atoms with van der Waals surface area (Å²) in [6.07, 6.45) is 8.25. The number of ether oxygens (including phenoxy) is 4. The minimum Gasteiger partial charge on any atom is -0.497 e. The van der Waals surface area contributed by atoms with Crippen molar-refractivity contribution in [2.45, 2.75) is 0 Å². The van der Waals surface area contributed by atoms with Crippen LogP contribution < -0.4 is 18.9 Å². The van der Waals surface area contributed by atoms with Crippen molar-refractivity contribution < 1.29 is 18.9 Å². The van der Waals surface area contributed by atoms with E-state index in [1.165, 1.54) is 0 Å². The Kier molecular flexibility index (Phi) is 11.1. The number of methoxy groups -OCH3 is 4. The molecule has 2 N–H and O–H groups in total. The highest BCUT2D eigenvalue weighted by atomic mass is 79.9. The molecule has 0 spiro atoms. The first-order valence-corrected chi connectivity index (χ1v) is 21.9. The highest BCUT2D eigenvalue weighted by Crippen LogP contribution is 2.44. The number of rotatable bonds is 8. The summed E-state index contributed by atoms with van der Waals surface area (Å²) in [4.78, 5) is 18.5. The van der Waals surface area contributed by atoms with Gasteiger partial charge in [0.2, 0.25) is 0 Å². The molecule has 4 aromatic carbocycles. The van der Waals surface area contributed by atoms with Gasteiger partial charge in [-0.25, -0.2) is 9.97 Å². The van der Waals surface area contributed by atoms with E-state index in [4.69, 9.17) is 28.9 Å². The van der Waals surface area contributed by atoms with Crippen molar-refractivity contribution in [2.24, 2.45) is 0 Å². The van der Waals surface area contributed by atoms with Crippen molar-refractivity contribution >= 4 is 110 Å². The molecule has 0 fully saturated rings. The van der Waals surface area contributed by atoms with E-state index < -0.39 is 0 Å². The lowest BCUT2D eigenvalue weighted by atomic mass is 10.0. The molecular formula is C48H34Br4N4O4. The van der Waals surface area contributed by atoms with Gasteiger partial charge in [-0.05, 0) is 121 Å². The summed E-state index contributed by atoms with van der Waals surface area (Å²) in [6.45, 7) is 0. The zero-order valence-electron chi connectivity index (χ0n) is 32.6. The maximum atomic E-state index is 5.75. The number of hydrogen-bond acceptors (Lipinski definition) is 6. The van der Waals surface area contributed by atoms with Crippen LogP contribution in [-0.2, 0) is 0 Å². The number of hydrogen-bond donors (Lipinski definition) is 2. The monoisotopic (exact) mass is 1050 g/mol. The first-order chi connectivity index (χ1) is 29.2. The molecule has 60 heavy (non-hydrogen) atoms. The SMILES string of the molecule is COc1ccc(Br)c(-c2c3nc(c(-c4cc(OC)ccc4Br)c4ccc([nH]4)c(-c4cc(OC)ccc4Br)c4nc(c(-c5cc(OC)ccc5Br)c5ccc2[nH]5)C=C4)C=C3)c1. The highest BCUT2D eigenvalue weighted by Gasteiger charge is 2.22. The number of benzene rings is 4. The van der Waals surface area contributed by atoms with E-state index in [1.54, 1.807) is 28.4 Å². The van der Waals surface area contributed by atoms with Gasteiger partial charge in [-0.3, -0.25) is 0 Å². The molecule has 5 heterocycles. The number of aromatic nitrogens is 4. The highest BCUT2D eigenvalue weighted by molar-refractivity contribution is 9.11. The van der Waals surface area contributed by atoms with Crippen LogP contribution in [-0.4, -0.2) is 48.4 Å². The van der Waals surface area contributed by atoms with Crippen LogP contribution in [0.15, 0.2) is 115 Å². The summed E-state index contributed by atoms with van der Waals surface area (Å²) in [7, 11) is 6.68. The lowest BCUT2D eigenvalue weighted by molar-refractivity contribution is 0.415. The third-order valence-corrected chi connectivity index (χ3v) is 13.3. The second kappa shape index (κ2) is 16.6. The van der Waals surface area contributed by atoms with Gasteiger partial charge in [0.25, 0.3) is 0 Å². The van der Waals surface area contributed by atoms with Crippen LogP contribution >= 0.6 is 63.7 Å². The summed E-state index contributed by atoms with van der Waals surface area (Å²) >= 11 is 15.5. The number of halogens is 4. The number of nitrogens with one attached hydrogen (secondary N) is 2. The molecule has 9 rings (SSSR count). The average Bonchev–Trinajstić information content (AvgIpc) is 4.11. The molecule has 0 radical (unpaired) electrons. The van der Waals surface area contributed by atoms with E-state index in [2.05, 4.69) is 122 Å². The van der Waals surface area contributed by atoms with Crippen molar-refractivity contribution in [1.82, 2.24) is 19.9 Å². The van der Waals surface area contributed by atoms with Crippen molar-refractivity contribution in [3.63, 3.8) is 0 Å². The first-order valence-electron chi connectivity index (χ1n) is 18.7. The molecule has 0 unspecified atom stereocenters.